The van der Waals surface area contributed by atoms with Crippen LogP contribution in [0.2, 0.25) is 0 Å². The Labute approximate surface area is 231 Å². The number of aromatic nitrogens is 4. The molecule has 2 aromatic carbocycles. The molecule has 0 saturated heterocycles. The normalized spacial score (nSPS) is 25.1. The van der Waals surface area contributed by atoms with Gasteiger partial charge in [0.15, 0.2) is 0 Å². The number of nitrogens with zero attached hydrogens (tertiary/aromatic N) is 8. The molecule has 2 saturated carbocycles. The number of carbonyl (C=O) groups excluding carboxylic acids is 1. The zero-order valence-corrected chi connectivity index (χ0v) is 21.1. The van der Waals surface area contributed by atoms with Crippen molar-refractivity contribution in [2.24, 2.45) is 5.11 Å². The molecular weight excluding hydrogens is 514 g/mol. The summed E-state index contributed by atoms with van der Waals surface area (Å²) in [6.07, 6.45) is 4.23. The van der Waals surface area contributed by atoms with E-state index in [4.69, 9.17) is 14.6 Å². The minimum atomic E-state index is -2.93. The fourth-order valence-corrected chi connectivity index (χ4v) is 6.79. The number of azide groups is 1. The van der Waals surface area contributed by atoms with Crippen molar-refractivity contribution >= 4 is 16.9 Å². The maximum Gasteiger partial charge on any atom is 0.254 e. The number of imidazole rings is 1. The van der Waals surface area contributed by atoms with E-state index in [0.717, 1.165) is 39.9 Å². The van der Waals surface area contributed by atoms with Crippen LogP contribution in [0.1, 0.15) is 87.4 Å². The van der Waals surface area contributed by atoms with E-state index in [2.05, 4.69) is 24.6 Å². The molecule has 9 nitrogen and oxygen atoms in total. The highest BCUT2D eigenvalue weighted by Gasteiger charge is 2.59. The average molecular weight is 542 g/mol. The first kappa shape index (κ1) is 20.5. The van der Waals surface area contributed by atoms with Crippen molar-refractivity contribution < 1.29 is 17.7 Å². The molecule has 0 N–H and O–H groups in total. The van der Waals surface area contributed by atoms with E-state index in [1.165, 1.54) is 12.4 Å². The molecule has 40 heavy (non-hydrogen) atoms. The van der Waals surface area contributed by atoms with E-state index < -0.39 is 43.2 Å². The zero-order valence-electron chi connectivity index (χ0n) is 24.1. The monoisotopic (exact) mass is 541 g/mol. The number of alkyl halides is 2. The highest BCUT2D eigenvalue weighted by Crippen LogP contribution is 2.54. The van der Waals surface area contributed by atoms with E-state index in [1.807, 2.05) is 30.3 Å². The Bertz CT molecular complexity index is 1890. The molecule has 4 heterocycles. The summed E-state index contributed by atoms with van der Waals surface area (Å²) in [6, 6.07) is 10.2. The summed E-state index contributed by atoms with van der Waals surface area (Å²) in [5.41, 5.74) is 12.7. The zero-order chi connectivity index (χ0) is 29.9. The summed E-state index contributed by atoms with van der Waals surface area (Å²) >= 11 is 0. The minimum absolute atomic E-state index is 0.0509. The first-order valence-corrected chi connectivity index (χ1v) is 13.2. The van der Waals surface area contributed by atoms with Crippen molar-refractivity contribution in [2.45, 2.75) is 61.6 Å². The number of hydrogen-bond donors (Lipinski definition) is 0. The van der Waals surface area contributed by atoms with Crippen molar-refractivity contribution in [3.8, 4) is 11.1 Å². The number of carbonyl (C=O) groups is 1. The van der Waals surface area contributed by atoms with Crippen LogP contribution in [0.5, 0.6) is 0 Å². The van der Waals surface area contributed by atoms with Gasteiger partial charge >= 0.3 is 0 Å². The Morgan fingerprint density at radius 1 is 1.12 bits per heavy atom. The average Bonchev–Trinajstić information content (AvgIpc) is 3.67. The van der Waals surface area contributed by atoms with Crippen molar-refractivity contribution in [3.63, 3.8) is 0 Å². The lowest BCUT2D eigenvalue weighted by Crippen LogP contribution is -2.48. The quantitative estimate of drug-likeness (QED) is 0.168. The van der Waals surface area contributed by atoms with Crippen LogP contribution >= 0.6 is 0 Å². The van der Waals surface area contributed by atoms with Crippen molar-refractivity contribution in [1.29, 1.82) is 0 Å². The number of hydrogen-bond acceptors (Lipinski definition) is 5. The lowest BCUT2D eigenvalue weighted by Gasteiger charge is -2.42. The van der Waals surface area contributed by atoms with E-state index in [9.17, 15) is 13.6 Å². The third-order valence-electron chi connectivity index (χ3n) is 8.76. The molecular formula is C29H24F2N8O. The Kier molecular flexibility index (Phi) is 4.03. The lowest BCUT2D eigenvalue weighted by molar-refractivity contribution is -0.127. The fourth-order valence-electron chi connectivity index (χ4n) is 6.79. The predicted molar refractivity (Wildman–Crippen MR) is 142 cm³/mol. The van der Waals surface area contributed by atoms with Gasteiger partial charge in [-0.05, 0) is 59.2 Å². The predicted octanol–water partition coefficient (Wildman–Crippen LogP) is 6.43. The van der Waals surface area contributed by atoms with Gasteiger partial charge in [0.1, 0.15) is 17.2 Å². The van der Waals surface area contributed by atoms with Gasteiger partial charge < -0.3 is 9.47 Å². The number of rotatable bonds is 4. The molecule has 2 aromatic heterocycles. The third kappa shape index (κ3) is 3.21. The Balaban J connectivity index is 1.25. The first-order valence-electron chi connectivity index (χ1n) is 14.7. The highest BCUT2D eigenvalue weighted by molar-refractivity contribution is 5.97. The van der Waals surface area contributed by atoms with Gasteiger partial charge in [0.25, 0.3) is 5.91 Å². The first-order chi connectivity index (χ1) is 20.5. The van der Waals surface area contributed by atoms with Gasteiger partial charge in [0.05, 0.1) is 23.1 Å². The van der Waals surface area contributed by atoms with Crippen molar-refractivity contribution in [3.05, 3.63) is 87.6 Å². The molecule has 2 atom stereocenters. The van der Waals surface area contributed by atoms with Crippen molar-refractivity contribution in [2.75, 3.05) is 6.98 Å². The van der Waals surface area contributed by atoms with Gasteiger partial charge in [0.2, 0.25) is 5.92 Å². The number of halogens is 2. The van der Waals surface area contributed by atoms with Gasteiger partial charge in [-0.15, -0.1) is 0 Å². The van der Waals surface area contributed by atoms with E-state index in [0.29, 0.717) is 34.8 Å². The molecule has 0 unspecified atom stereocenters. The summed E-state index contributed by atoms with van der Waals surface area (Å²) in [7, 11) is 0. The topological polar surface area (TPSA) is 113 Å². The van der Waals surface area contributed by atoms with Gasteiger partial charge in [-0.1, -0.05) is 23.3 Å². The third-order valence-corrected chi connectivity index (χ3v) is 8.76. The molecule has 4 aliphatic rings. The molecule has 1 amide bonds. The Morgan fingerprint density at radius 2 is 1.93 bits per heavy atom. The molecule has 8 rings (SSSR count). The summed E-state index contributed by atoms with van der Waals surface area (Å²) in [5, 5.41) is 3.61. The molecule has 0 spiro atoms. The molecule has 2 fully saturated rings. The molecule has 0 radical (unpaired) electrons. The van der Waals surface area contributed by atoms with Crippen molar-refractivity contribution in [1.82, 2.24) is 24.4 Å². The van der Waals surface area contributed by atoms with Crippen LogP contribution < -0.4 is 0 Å². The van der Waals surface area contributed by atoms with Crippen LogP contribution in [-0.4, -0.2) is 43.2 Å². The SMILES string of the molecule is [2H]C([2H])([2H])N1C(=O)c2cccc(C3CC3)c2[C@H]2C[C@@H]1c1nc3ccc(-c4cnc(C5(N=[N+]=[N-])CC(F)(F)C5)nc4)cc3n12. The second-order valence-electron chi connectivity index (χ2n) is 11.3. The van der Waals surface area contributed by atoms with Crippen LogP contribution in [-0.2, 0) is 5.54 Å². The van der Waals surface area contributed by atoms with Gasteiger partial charge in [-0.25, -0.2) is 23.7 Å². The van der Waals surface area contributed by atoms with E-state index >= 15 is 0 Å². The molecule has 2 bridgehead atoms. The molecule has 11 heteroatoms. The van der Waals surface area contributed by atoms with Gasteiger partial charge in [-0.3, -0.25) is 4.79 Å². The van der Waals surface area contributed by atoms with Gasteiger partial charge in [0, 0.05) is 58.8 Å². The van der Waals surface area contributed by atoms with E-state index in [-0.39, 0.29) is 11.9 Å². The summed E-state index contributed by atoms with van der Waals surface area (Å²) in [4.78, 5) is 31.0. The van der Waals surface area contributed by atoms with Crippen LogP contribution in [0.3, 0.4) is 0 Å². The maximum atomic E-state index is 13.8. The van der Waals surface area contributed by atoms with Crippen LogP contribution in [0, 0.1) is 0 Å². The Hall–Kier alpha value is -4.37. The van der Waals surface area contributed by atoms with Crippen LogP contribution in [0.25, 0.3) is 32.6 Å². The van der Waals surface area contributed by atoms with Crippen LogP contribution in [0.15, 0.2) is 53.9 Å². The van der Waals surface area contributed by atoms with Gasteiger partial charge in [-0.2, -0.15) is 0 Å². The largest absolute Gasteiger partial charge is 0.331 e. The highest BCUT2D eigenvalue weighted by atomic mass is 19.3. The summed E-state index contributed by atoms with van der Waals surface area (Å²) in [6.45, 7) is -2.65. The minimum Gasteiger partial charge on any atom is -0.331 e. The Morgan fingerprint density at radius 3 is 2.62 bits per heavy atom. The lowest BCUT2D eigenvalue weighted by atomic mass is 9.73. The molecule has 2 aliphatic carbocycles. The number of fused-ring (bicyclic) bond motifs is 9. The molecule has 4 aromatic rings. The summed E-state index contributed by atoms with van der Waals surface area (Å²) in [5.74, 6) is -2.50. The molecule has 200 valence electrons. The second kappa shape index (κ2) is 7.85. The smallest absolute Gasteiger partial charge is 0.254 e. The van der Waals surface area contributed by atoms with Crippen LogP contribution in [0.4, 0.5) is 8.78 Å². The second-order valence-corrected chi connectivity index (χ2v) is 11.3. The standard InChI is InChI=1S/C29H24F2N8O/c1-38-23-10-22(24-18(15-5-6-15)3-2-4-19(24)26(38)40)39-21-9-16(7-8-20(21)35-25(23)39)17-11-33-27(34-12-17)28(36-37-32)13-29(30,31)14-28/h2-4,7-9,11-12,15,22-23H,5-6,10,13-14H2,1H3/t22-,23-/m1/s1/i1D3. The van der Waals surface area contributed by atoms with E-state index in [1.54, 1.807) is 6.07 Å². The number of amides is 1. The number of benzene rings is 2. The summed E-state index contributed by atoms with van der Waals surface area (Å²) < 4.78 is 54.3. The maximum absolute atomic E-state index is 13.8. The fraction of sp³-hybridized carbons (Fsp3) is 0.379. The molecule has 2 aliphatic heterocycles.